The third-order valence-corrected chi connectivity index (χ3v) is 7.32. The van der Waals surface area contributed by atoms with Gasteiger partial charge in [-0.25, -0.2) is 0 Å². The number of pyridine rings is 1. The van der Waals surface area contributed by atoms with Crippen LogP contribution in [-0.2, 0) is 13.0 Å². The Balaban J connectivity index is 1.47. The maximum atomic E-state index is 13.3. The van der Waals surface area contributed by atoms with Gasteiger partial charge in [-0.05, 0) is 92.2 Å². The van der Waals surface area contributed by atoms with Gasteiger partial charge in [0.1, 0.15) is 17.2 Å². The number of ether oxygens (including phenoxy) is 2. The zero-order valence-electron chi connectivity index (χ0n) is 21.8. The molecule has 0 aliphatic carbocycles. The Morgan fingerprint density at radius 2 is 1.83 bits per heavy atom. The fourth-order valence-corrected chi connectivity index (χ4v) is 5.27. The molecular weight excluding hydrogens is 450 g/mol. The molecule has 1 fully saturated rings. The SMILES string of the molecule is COc1cccc(CC(C2CCN(Cc3ccc(OC)c(C)c3)CC2)N(C)C(=O)c2ccccn2)c1. The van der Waals surface area contributed by atoms with E-state index in [0.717, 1.165) is 56.0 Å². The average molecular weight is 488 g/mol. The largest absolute Gasteiger partial charge is 0.497 e. The van der Waals surface area contributed by atoms with E-state index < -0.39 is 0 Å². The number of carbonyl (C=O) groups excluding carboxylic acids is 1. The average Bonchev–Trinajstić information content (AvgIpc) is 2.92. The van der Waals surface area contributed by atoms with Gasteiger partial charge < -0.3 is 14.4 Å². The first kappa shape index (κ1) is 25.7. The molecule has 0 bridgehead atoms. The Morgan fingerprint density at radius 1 is 1.03 bits per heavy atom. The summed E-state index contributed by atoms with van der Waals surface area (Å²) in [5, 5.41) is 0. The summed E-state index contributed by atoms with van der Waals surface area (Å²) in [4.78, 5) is 22.1. The number of nitrogens with zero attached hydrogens (tertiary/aromatic N) is 3. The van der Waals surface area contributed by atoms with Crippen molar-refractivity contribution in [2.45, 2.75) is 38.8 Å². The van der Waals surface area contributed by atoms with Crippen molar-refractivity contribution in [1.29, 1.82) is 0 Å². The summed E-state index contributed by atoms with van der Waals surface area (Å²) in [6.07, 6.45) is 4.55. The number of methoxy groups -OCH3 is 2. The van der Waals surface area contributed by atoms with Gasteiger partial charge in [0, 0.05) is 25.8 Å². The monoisotopic (exact) mass is 487 g/mol. The van der Waals surface area contributed by atoms with E-state index in [1.807, 2.05) is 36.2 Å². The van der Waals surface area contributed by atoms with E-state index in [1.165, 1.54) is 11.1 Å². The minimum absolute atomic E-state index is 0.0281. The molecule has 1 unspecified atom stereocenters. The summed E-state index contributed by atoms with van der Waals surface area (Å²) in [7, 11) is 5.33. The van der Waals surface area contributed by atoms with Gasteiger partial charge in [-0.2, -0.15) is 0 Å². The van der Waals surface area contributed by atoms with Gasteiger partial charge in [-0.15, -0.1) is 0 Å². The molecule has 0 N–H and O–H groups in total. The van der Waals surface area contributed by atoms with Crippen LogP contribution in [0.4, 0.5) is 0 Å². The Morgan fingerprint density at radius 3 is 2.50 bits per heavy atom. The smallest absolute Gasteiger partial charge is 0.272 e. The highest BCUT2D eigenvalue weighted by atomic mass is 16.5. The number of rotatable bonds is 9. The molecule has 6 nitrogen and oxygen atoms in total. The Bertz CT molecular complexity index is 1140. The molecule has 2 heterocycles. The van der Waals surface area contributed by atoms with Crippen LogP contribution >= 0.6 is 0 Å². The highest BCUT2D eigenvalue weighted by molar-refractivity contribution is 5.92. The van der Waals surface area contributed by atoms with Crippen molar-refractivity contribution in [3.8, 4) is 11.5 Å². The number of aromatic nitrogens is 1. The number of likely N-dealkylation sites (N-methyl/N-ethyl adjacent to an activating group) is 1. The molecule has 1 aliphatic heterocycles. The molecule has 190 valence electrons. The second kappa shape index (κ2) is 12.0. The van der Waals surface area contributed by atoms with E-state index in [-0.39, 0.29) is 11.9 Å². The number of amides is 1. The molecule has 1 amide bonds. The molecule has 0 radical (unpaired) electrons. The second-order valence-corrected chi connectivity index (χ2v) is 9.67. The number of likely N-dealkylation sites (tertiary alicyclic amines) is 1. The maximum absolute atomic E-state index is 13.3. The van der Waals surface area contributed by atoms with E-state index in [1.54, 1.807) is 26.5 Å². The summed E-state index contributed by atoms with van der Waals surface area (Å²) in [5.74, 6) is 2.15. The van der Waals surface area contributed by atoms with E-state index >= 15 is 0 Å². The highest BCUT2D eigenvalue weighted by Gasteiger charge is 2.32. The van der Waals surface area contributed by atoms with Crippen LogP contribution in [0.2, 0.25) is 0 Å². The van der Waals surface area contributed by atoms with Gasteiger partial charge >= 0.3 is 0 Å². The number of piperidine rings is 1. The summed E-state index contributed by atoms with van der Waals surface area (Å²) >= 11 is 0. The molecule has 4 rings (SSSR count). The molecule has 6 heteroatoms. The summed E-state index contributed by atoms with van der Waals surface area (Å²) < 4.78 is 10.9. The number of hydrogen-bond donors (Lipinski definition) is 0. The van der Waals surface area contributed by atoms with Crippen LogP contribution in [0, 0.1) is 12.8 Å². The van der Waals surface area contributed by atoms with Crippen molar-refractivity contribution in [3.63, 3.8) is 0 Å². The topological polar surface area (TPSA) is 54.9 Å². The van der Waals surface area contributed by atoms with Crippen LogP contribution in [0.15, 0.2) is 66.9 Å². The van der Waals surface area contributed by atoms with Gasteiger partial charge in [-0.3, -0.25) is 14.7 Å². The van der Waals surface area contributed by atoms with Crippen LogP contribution in [-0.4, -0.2) is 61.1 Å². The van der Waals surface area contributed by atoms with Gasteiger partial charge in [0.15, 0.2) is 0 Å². The Hall–Kier alpha value is -3.38. The molecule has 0 spiro atoms. The van der Waals surface area contributed by atoms with Crippen molar-refractivity contribution < 1.29 is 14.3 Å². The summed E-state index contributed by atoms with van der Waals surface area (Å²) in [5.41, 5.74) is 4.14. The van der Waals surface area contributed by atoms with E-state index in [4.69, 9.17) is 9.47 Å². The summed E-state index contributed by atoms with van der Waals surface area (Å²) in [6, 6.07) is 20.2. The van der Waals surface area contributed by atoms with Gasteiger partial charge in [-0.1, -0.05) is 30.3 Å². The zero-order valence-corrected chi connectivity index (χ0v) is 21.8. The standard InChI is InChI=1S/C30H37N3O3/c1-22-18-24(11-12-29(22)36-4)21-33-16-13-25(14-17-33)28(20-23-8-7-9-26(19-23)35-3)32(2)30(34)27-10-5-6-15-31-27/h5-12,15,18-19,25,28H,13-14,16-17,20-21H2,1-4H3. The predicted molar refractivity (Wildman–Crippen MR) is 143 cm³/mol. The van der Waals surface area contributed by atoms with Crippen LogP contribution < -0.4 is 9.47 Å². The minimum Gasteiger partial charge on any atom is -0.497 e. The number of aryl methyl sites for hydroxylation is 1. The third-order valence-electron chi connectivity index (χ3n) is 7.32. The molecule has 3 aromatic rings. The van der Waals surface area contributed by atoms with Gasteiger partial charge in [0.25, 0.3) is 5.91 Å². The second-order valence-electron chi connectivity index (χ2n) is 9.67. The molecule has 2 aromatic carbocycles. The highest BCUT2D eigenvalue weighted by Crippen LogP contribution is 2.29. The fraction of sp³-hybridized carbons (Fsp3) is 0.400. The lowest BCUT2D eigenvalue weighted by molar-refractivity contribution is 0.0579. The molecule has 1 atom stereocenters. The van der Waals surface area contributed by atoms with Crippen molar-refractivity contribution in [2.75, 3.05) is 34.4 Å². The van der Waals surface area contributed by atoms with Crippen LogP contribution in [0.5, 0.6) is 11.5 Å². The number of carbonyl (C=O) groups is 1. The third kappa shape index (κ3) is 6.24. The number of hydrogen-bond acceptors (Lipinski definition) is 5. The molecule has 1 saturated heterocycles. The lowest BCUT2D eigenvalue weighted by Crippen LogP contribution is -2.47. The van der Waals surface area contributed by atoms with Crippen molar-refractivity contribution >= 4 is 5.91 Å². The first-order chi connectivity index (χ1) is 17.5. The fourth-order valence-electron chi connectivity index (χ4n) is 5.27. The van der Waals surface area contributed by atoms with Crippen molar-refractivity contribution in [3.05, 3.63) is 89.2 Å². The van der Waals surface area contributed by atoms with Gasteiger partial charge in [0.2, 0.25) is 0 Å². The molecule has 1 aromatic heterocycles. The molecular formula is C30H37N3O3. The van der Waals surface area contributed by atoms with E-state index in [2.05, 4.69) is 47.1 Å². The predicted octanol–water partition coefficient (Wildman–Crippen LogP) is 5.00. The van der Waals surface area contributed by atoms with Crippen molar-refractivity contribution in [1.82, 2.24) is 14.8 Å². The van der Waals surface area contributed by atoms with Crippen LogP contribution in [0.25, 0.3) is 0 Å². The number of benzene rings is 2. The minimum atomic E-state index is -0.0281. The molecule has 0 saturated carbocycles. The zero-order chi connectivity index (χ0) is 25.5. The first-order valence-corrected chi connectivity index (χ1v) is 12.7. The quantitative estimate of drug-likeness (QED) is 0.425. The van der Waals surface area contributed by atoms with Crippen LogP contribution in [0.1, 0.15) is 40.0 Å². The first-order valence-electron chi connectivity index (χ1n) is 12.7. The lowest BCUT2D eigenvalue weighted by atomic mass is 9.84. The lowest BCUT2D eigenvalue weighted by Gasteiger charge is -2.40. The van der Waals surface area contributed by atoms with Crippen LogP contribution in [0.3, 0.4) is 0 Å². The maximum Gasteiger partial charge on any atom is 0.272 e. The normalized spacial score (nSPS) is 15.3. The molecule has 36 heavy (non-hydrogen) atoms. The Labute approximate surface area is 214 Å². The summed E-state index contributed by atoms with van der Waals surface area (Å²) in [6.45, 7) is 5.04. The Kier molecular flexibility index (Phi) is 8.60. The van der Waals surface area contributed by atoms with E-state index in [9.17, 15) is 4.79 Å². The van der Waals surface area contributed by atoms with Crippen molar-refractivity contribution in [2.24, 2.45) is 5.92 Å². The van der Waals surface area contributed by atoms with E-state index in [0.29, 0.717) is 11.6 Å². The molecule has 1 aliphatic rings. The van der Waals surface area contributed by atoms with Gasteiger partial charge in [0.05, 0.1) is 14.2 Å².